The van der Waals surface area contributed by atoms with Gasteiger partial charge in [-0.25, -0.2) is 9.78 Å². The number of rotatable bonds is 8. The predicted octanol–water partition coefficient (Wildman–Crippen LogP) is 3.74. The number of hydrogen-bond donors (Lipinski definition) is 3. The Morgan fingerprint density at radius 2 is 1.81 bits per heavy atom. The van der Waals surface area contributed by atoms with Crippen molar-refractivity contribution in [2.24, 2.45) is 0 Å². The van der Waals surface area contributed by atoms with Gasteiger partial charge in [0.25, 0.3) is 5.56 Å². The summed E-state index contributed by atoms with van der Waals surface area (Å²) in [5.74, 6) is 1.42. The second-order valence-electron chi connectivity index (χ2n) is 8.85. The third-order valence-electron chi connectivity index (χ3n) is 6.26. The molecule has 1 unspecified atom stereocenters. The van der Waals surface area contributed by atoms with Crippen LogP contribution in [-0.2, 0) is 13.0 Å². The smallest absolute Gasteiger partial charge is 0.404 e. The molecule has 0 radical (unpaired) electrons. The van der Waals surface area contributed by atoms with Crippen molar-refractivity contribution < 1.29 is 9.90 Å². The minimum Gasteiger partial charge on any atom is -0.465 e. The van der Waals surface area contributed by atoms with Crippen LogP contribution in [0, 0.1) is 0 Å². The monoisotopic (exact) mass is 504 g/mol. The first-order valence-electron chi connectivity index (χ1n) is 12.0. The number of H-pyrrole nitrogens is 1. The molecule has 1 atom stereocenters. The zero-order valence-corrected chi connectivity index (χ0v) is 20.6. The molecule has 0 spiro atoms. The Balaban J connectivity index is 1.46. The number of aromatic nitrogens is 4. The van der Waals surface area contributed by atoms with Crippen LogP contribution in [-0.4, -0.2) is 55.6 Å². The second-order valence-corrected chi connectivity index (χ2v) is 9.93. The standard InChI is InChI=1S/C26H28N6O3S/c33-23-21-22(28-24(30-23)36-15-13-18-8-3-1-4-9-18)29-25(32(21)16-19-10-5-2-6-11-19)31-14-7-12-20(17-31)27-26(34)35/h1-6,8-11,20,27H,7,12-17H2,(H,34,35)(H,28,30,33). The highest BCUT2D eigenvalue weighted by Crippen LogP contribution is 2.25. The Morgan fingerprint density at radius 1 is 1.08 bits per heavy atom. The molecule has 10 heteroatoms. The fourth-order valence-electron chi connectivity index (χ4n) is 4.60. The van der Waals surface area contributed by atoms with Gasteiger partial charge >= 0.3 is 6.09 Å². The Labute approximate surface area is 212 Å². The molecule has 0 saturated carbocycles. The molecule has 1 aliphatic rings. The summed E-state index contributed by atoms with van der Waals surface area (Å²) in [7, 11) is 0. The van der Waals surface area contributed by atoms with Gasteiger partial charge in [-0.15, -0.1) is 0 Å². The molecule has 1 fully saturated rings. The number of carbonyl (C=O) groups is 1. The van der Waals surface area contributed by atoms with Gasteiger partial charge in [0.05, 0.1) is 6.54 Å². The molecule has 3 N–H and O–H groups in total. The molecule has 9 nitrogen and oxygen atoms in total. The lowest BCUT2D eigenvalue weighted by Gasteiger charge is -2.33. The van der Waals surface area contributed by atoms with Gasteiger partial charge in [0.1, 0.15) is 0 Å². The first-order chi connectivity index (χ1) is 17.6. The molecule has 0 aliphatic carbocycles. The first kappa shape index (κ1) is 23.9. The highest BCUT2D eigenvalue weighted by atomic mass is 32.2. The lowest BCUT2D eigenvalue weighted by molar-refractivity contribution is 0.188. The van der Waals surface area contributed by atoms with Crippen LogP contribution in [0.2, 0.25) is 0 Å². The Morgan fingerprint density at radius 3 is 2.53 bits per heavy atom. The number of thioether (sulfide) groups is 1. The van der Waals surface area contributed by atoms with E-state index in [1.54, 1.807) is 0 Å². The third-order valence-corrected chi connectivity index (χ3v) is 7.13. The highest BCUT2D eigenvalue weighted by Gasteiger charge is 2.27. The van der Waals surface area contributed by atoms with E-state index in [2.05, 4.69) is 27.3 Å². The number of amides is 1. The maximum absolute atomic E-state index is 13.3. The van der Waals surface area contributed by atoms with Crippen LogP contribution < -0.4 is 15.8 Å². The largest absolute Gasteiger partial charge is 0.465 e. The number of nitrogens with zero attached hydrogens (tertiary/aromatic N) is 4. The molecule has 0 bridgehead atoms. The van der Waals surface area contributed by atoms with Gasteiger partial charge in [0, 0.05) is 24.9 Å². The Hall–Kier alpha value is -3.79. The second kappa shape index (κ2) is 10.9. The molecule has 1 saturated heterocycles. The summed E-state index contributed by atoms with van der Waals surface area (Å²) in [5, 5.41) is 12.3. The number of carboxylic acid groups (broad SMARTS) is 1. The normalized spacial score (nSPS) is 15.8. The van der Waals surface area contributed by atoms with E-state index in [1.165, 1.54) is 17.3 Å². The number of nitrogens with one attached hydrogen (secondary N) is 2. The lowest BCUT2D eigenvalue weighted by atomic mass is 10.1. The van der Waals surface area contributed by atoms with Crippen LogP contribution in [0.1, 0.15) is 24.0 Å². The first-order valence-corrected chi connectivity index (χ1v) is 13.0. The van der Waals surface area contributed by atoms with Crippen molar-refractivity contribution in [3.8, 4) is 0 Å². The summed E-state index contributed by atoms with van der Waals surface area (Å²) in [5.41, 5.74) is 2.87. The van der Waals surface area contributed by atoms with Crippen LogP contribution in [0.5, 0.6) is 0 Å². The zero-order valence-electron chi connectivity index (χ0n) is 19.8. The molecule has 5 rings (SSSR count). The maximum atomic E-state index is 13.3. The summed E-state index contributed by atoms with van der Waals surface area (Å²) < 4.78 is 1.90. The molecule has 2 aromatic carbocycles. The summed E-state index contributed by atoms with van der Waals surface area (Å²) >= 11 is 1.50. The van der Waals surface area contributed by atoms with Crippen molar-refractivity contribution in [3.63, 3.8) is 0 Å². The van der Waals surface area contributed by atoms with Crippen LogP contribution in [0.4, 0.5) is 10.7 Å². The van der Waals surface area contributed by atoms with Gasteiger partial charge in [-0.05, 0) is 30.4 Å². The van der Waals surface area contributed by atoms with E-state index in [0.717, 1.165) is 37.1 Å². The summed E-state index contributed by atoms with van der Waals surface area (Å²) in [4.78, 5) is 39.0. The number of piperidine rings is 1. The number of hydrogen-bond acceptors (Lipinski definition) is 6. The fourth-order valence-corrected chi connectivity index (χ4v) is 5.45. The van der Waals surface area contributed by atoms with Gasteiger partial charge < -0.3 is 15.3 Å². The molecular formula is C26H28N6O3S. The molecule has 2 aromatic heterocycles. The quantitative estimate of drug-likeness (QED) is 0.247. The van der Waals surface area contributed by atoms with Crippen molar-refractivity contribution in [1.29, 1.82) is 0 Å². The van der Waals surface area contributed by atoms with Crippen LogP contribution in [0.25, 0.3) is 11.2 Å². The third kappa shape index (κ3) is 5.54. The minimum absolute atomic E-state index is 0.198. The number of aromatic amines is 1. The summed E-state index contributed by atoms with van der Waals surface area (Å²) in [6.07, 6.45) is 1.43. The molecule has 186 valence electrons. The number of aryl methyl sites for hydroxylation is 1. The van der Waals surface area contributed by atoms with E-state index < -0.39 is 6.09 Å². The molecular weight excluding hydrogens is 476 g/mol. The number of fused-ring (bicyclic) bond motifs is 1. The highest BCUT2D eigenvalue weighted by molar-refractivity contribution is 7.99. The summed E-state index contributed by atoms with van der Waals surface area (Å²) in [6, 6.07) is 19.9. The molecule has 4 aromatic rings. The van der Waals surface area contributed by atoms with Crippen molar-refractivity contribution in [2.45, 2.75) is 37.0 Å². The van der Waals surface area contributed by atoms with Crippen molar-refractivity contribution in [1.82, 2.24) is 24.8 Å². The molecule has 3 heterocycles. The Kier molecular flexibility index (Phi) is 7.22. The zero-order chi connectivity index (χ0) is 24.9. The SMILES string of the molecule is O=C(O)NC1CCCN(c2nc3nc(SCCc4ccccc4)[nH]c(=O)c3n2Cc2ccccc2)C1. The van der Waals surface area contributed by atoms with Crippen molar-refractivity contribution in [3.05, 3.63) is 82.1 Å². The molecule has 36 heavy (non-hydrogen) atoms. The summed E-state index contributed by atoms with van der Waals surface area (Å²) in [6.45, 7) is 1.68. The average molecular weight is 505 g/mol. The number of anilines is 1. The fraction of sp³-hybridized carbons (Fsp3) is 0.308. The topological polar surface area (TPSA) is 116 Å². The number of benzene rings is 2. The van der Waals surface area contributed by atoms with Gasteiger partial charge in [0.2, 0.25) is 5.95 Å². The molecule has 1 amide bonds. The van der Waals surface area contributed by atoms with E-state index in [-0.39, 0.29) is 11.6 Å². The van der Waals surface area contributed by atoms with Gasteiger partial charge in [-0.2, -0.15) is 4.98 Å². The Bertz CT molecular complexity index is 1390. The lowest BCUT2D eigenvalue weighted by Crippen LogP contribution is -2.48. The average Bonchev–Trinajstić information content (AvgIpc) is 3.24. The van der Waals surface area contributed by atoms with E-state index >= 15 is 0 Å². The van der Waals surface area contributed by atoms with Gasteiger partial charge in [-0.1, -0.05) is 72.4 Å². The predicted molar refractivity (Wildman–Crippen MR) is 141 cm³/mol. The van der Waals surface area contributed by atoms with Crippen LogP contribution >= 0.6 is 11.8 Å². The van der Waals surface area contributed by atoms with Crippen molar-refractivity contribution >= 4 is 35.0 Å². The van der Waals surface area contributed by atoms with Gasteiger partial charge in [0.15, 0.2) is 16.3 Å². The maximum Gasteiger partial charge on any atom is 0.404 e. The van der Waals surface area contributed by atoms with E-state index in [9.17, 15) is 14.7 Å². The van der Waals surface area contributed by atoms with E-state index in [4.69, 9.17) is 9.97 Å². The minimum atomic E-state index is -1.03. The number of imidazole rings is 1. The van der Waals surface area contributed by atoms with E-state index in [1.807, 2.05) is 53.1 Å². The molecule has 1 aliphatic heterocycles. The van der Waals surface area contributed by atoms with Crippen LogP contribution in [0.3, 0.4) is 0 Å². The van der Waals surface area contributed by atoms with E-state index in [0.29, 0.717) is 35.4 Å². The van der Waals surface area contributed by atoms with Crippen molar-refractivity contribution in [2.75, 3.05) is 23.7 Å². The van der Waals surface area contributed by atoms with Gasteiger partial charge in [-0.3, -0.25) is 14.3 Å². The van der Waals surface area contributed by atoms with Crippen LogP contribution in [0.15, 0.2) is 70.6 Å².